The van der Waals surface area contributed by atoms with Crippen molar-refractivity contribution in [1.29, 1.82) is 0 Å². The summed E-state index contributed by atoms with van der Waals surface area (Å²) in [6.45, 7) is 0.802. The Hall–Kier alpha value is -1.96. The highest BCUT2D eigenvalue weighted by Gasteiger charge is 2.12. The Morgan fingerprint density at radius 2 is 1.94 bits per heavy atom. The maximum absolute atomic E-state index is 5.51. The van der Waals surface area contributed by atoms with E-state index in [9.17, 15) is 0 Å². The molecule has 0 unspecified atom stereocenters. The second-order valence-corrected chi connectivity index (χ2v) is 4.15. The molecular formula is C15H14O2. The molecular weight excluding hydrogens is 212 g/mol. The van der Waals surface area contributed by atoms with Crippen LogP contribution >= 0.6 is 0 Å². The van der Waals surface area contributed by atoms with Crippen molar-refractivity contribution in [3.05, 3.63) is 48.0 Å². The minimum absolute atomic E-state index is 0.802. The highest BCUT2D eigenvalue weighted by molar-refractivity contribution is 5.67. The molecule has 2 aromatic carbocycles. The van der Waals surface area contributed by atoms with Gasteiger partial charge in [-0.2, -0.15) is 0 Å². The molecule has 0 spiro atoms. The minimum atomic E-state index is 0.802. The van der Waals surface area contributed by atoms with Crippen LogP contribution in [0.15, 0.2) is 42.5 Å². The Kier molecular flexibility index (Phi) is 2.48. The van der Waals surface area contributed by atoms with Gasteiger partial charge in [-0.1, -0.05) is 18.2 Å². The SMILES string of the molecule is COc1cccc(-c2ccc3c(c2)CCO3)c1. The van der Waals surface area contributed by atoms with Crippen LogP contribution in [0.2, 0.25) is 0 Å². The van der Waals surface area contributed by atoms with Crippen LogP contribution in [0.1, 0.15) is 5.56 Å². The molecule has 2 nitrogen and oxygen atoms in total. The van der Waals surface area contributed by atoms with Gasteiger partial charge < -0.3 is 9.47 Å². The third-order valence-corrected chi connectivity index (χ3v) is 3.09. The molecule has 1 aliphatic heterocycles. The molecule has 0 saturated heterocycles. The quantitative estimate of drug-likeness (QED) is 0.782. The average Bonchev–Trinajstić information content (AvgIpc) is 2.86. The summed E-state index contributed by atoms with van der Waals surface area (Å²) in [5.41, 5.74) is 3.69. The molecule has 86 valence electrons. The van der Waals surface area contributed by atoms with Crippen molar-refractivity contribution in [2.24, 2.45) is 0 Å². The summed E-state index contributed by atoms with van der Waals surface area (Å²) < 4.78 is 10.8. The fourth-order valence-electron chi connectivity index (χ4n) is 2.17. The fraction of sp³-hybridized carbons (Fsp3) is 0.200. The first kappa shape index (κ1) is 10.2. The van der Waals surface area contributed by atoms with E-state index >= 15 is 0 Å². The van der Waals surface area contributed by atoms with E-state index in [4.69, 9.17) is 9.47 Å². The highest BCUT2D eigenvalue weighted by atomic mass is 16.5. The minimum Gasteiger partial charge on any atom is -0.497 e. The monoisotopic (exact) mass is 226 g/mol. The summed E-state index contributed by atoms with van der Waals surface area (Å²) in [6, 6.07) is 14.5. The Bertz CT molecular complexity index is 546. The Morgan fingerprint density at radius 1 is 1.06 bits per heavy atom. The summed E-state index contributed by atoms with van der Waals surface area (Å²) in [7, 11) is 1.69. The second-order valence-electron chi connectivity index (χ2n) is 4.15. The van der Waals surface area contributed by atoms with Gasteiger partial charge in [-0.15, -0.1) is 0 Å². The standard InChI is InChI=1S/C15H14O2/c1-16-14-4-2-3-11(10-14)12-5-6-15-13(9-12)7-8-17-15/h2-6,9-10H,7-8H2,1H3. The molecule has 0 fully saturated rings. The van der Waals surface area contributed by atoms with E-state index in [1.54, 1.807) is 7.11 Å². The van der Waals surface area contributed by atoms with Gasteiger partial charge in [0.05, 0.1) is 13.7 Å². The summed E-state index contributed by atoms with van der Waals surface area (Å²) in [5, 5.41) is 0. The van der Waals surface area contributed by atoms with Crippen LogP contribution in [0.25, 0.3) is 11.1 Å². The number of hydrogen-bond donors (Lipinski definition) is 0. The van der Waals surface area contributed by atoms with E-state index in [2.05, 4.69) is 30.3 Å². The largest absolute Gasteiger partial charge is 0.497 e. The second kappa shape index (κ2) is 4.13. The number of hydrogen-bond acceptors (Lipinski definition) is 2. The molecule has 3 rings (SSSR count). The van der Waals surface area contributed by atoms with Crippen LogP contribution in [0, 0.1) is 0 Å². The van der Waals surface area contributed by atoms with Gasteiger partial charge in [-0.25, -0.2) is 0 Å². The van der Waals surface area contributed by atoms with Gasteiger partial charge in [-0.05, 0) is 41.0 Å². The zero-order chi connectivity index (χ0) is 11.7. The molecule has 0 radical (unpaired) electrons. The van der Waals surface area contributed by atoms with E-state index in [0.29, 0.717) is 0 Å². The average molecular weight is 226 g/mol. The maximum atomic E-state index is 5.51. The van der Waals surface area contributed by atoms with Crippen molar-refractivity contribution < 1.29 is 9.47 Å². The van der Waals surface area contributed by atoms with Crippen molar-refractivity contribution in [2.75, 3.05) is 13.7 Å². The molecule has 0 saturated carbocycles. The van der Waals surface area contributed by atoms with E-state index in [1.807, 2.05) is 12.1 Å². The Balaban J connectivity index is 2.03. The van der Waals surface area contributed by atoms with Gasteiger partial charge in [0.25, 0.3) is 0 Å². The lowest BCUT2D eigenvalue weighted by Crippen LogP contribution is -1.85. The third-order valence-electron chi connectivity index (χ3n) is 3.09. The van der Waals surface area contributed by atoms with Crippen LogP contribution in [0.5, 0.6) is 11.5 Å². The van der Waals surface area contributed by atoms with Gasteiger partial charge in [0.1, 0.15) is 11.5 Å². The van der Waals surface area contributed by atoms with Crippen LogP contribution in [0.3, 0.4) is 0 Å². The molecule has 0 atom stereocenters. The number of methoxy groups -OCH3 is 1. The van der Waals surface area contributed by atoms with Crippen LogP contribution in [0.4, 0.5) is 0 Å². The highest BCUT2D eigenvalue weighted by Crippen LogP contribution is 2.31. The number of fused-ring (bicyclic) bond motifs is 1. The fourth-order valence-corrected chi connectivity index (χ4v) is 2.17. The predicted molar refractivity (Wildman–Crippen MR) is 67.6 cm³/mol. The van der Waals surface area contributed by atoms with Crippen molar-refractivity contribution >= 4 is 0 Å². The molecule has 2 heteroatoms. The summed E-state index contributed by atoms with van der Waals surface area (Å²) >= 11 is 0. The molecule has 0 aliphatic carbocycles. The first-order valence-corrected chi connectivity index (χ1v) is 5.77. The molecule has 0 amide bonds. The van der Waals surface area contributed by atoms with E-state index in [0.717, 1.165) is 24.5 Å². The van der Waals surface area contributed by atoms with Crippen LogP contribution in [-0.2, 0) is 6.42 Å². The molecule has 0 aromatic heterocycles. The van der Waals surface area contributed by atoms with Crippen molar-refractivity contribution in [2.45, 2.75) is 6.42 Å². The Labute approximate surface area is 101 Å². The molecule has 1 aliphatic rings. The van der Waals surface area contributed by atoms with Crippen molar-refractivity contribution in [3.8, 4) is 22.6 Å². The topological polar surface area (TPSA) is 18.5 Å². The smallest absolute Gasteiger partial charge is 0.122 e. The molecule has 0 bridgehead atoms. The van der Waals surface area contributed by atoms with E-state index in [-0.39, 0.29) is 0 Å². The molecule has 17 heavy (non-hydrogen) atoms. The number of ether oxygens (including phenoxy) is 2. The van der Waals surface area contributed by atoms with Crippen LogP contribution in [-0.4, -0.2) is 13.7 Å². The zero-order valence-corrected chi connectivity index (χ0v) is 9.77. The first-order chi connectivity index (χ1) is 8.36. The lowest BCUT2D eigenvalue weighted by Gasteiger charge is -2.06. The normalized spacial score (nSPS) is 13.0. The summed E-state index contributed by atoms with van der Waals surface area (Å²) in [4.78, 5) is 0. The number of benzene rings is 2. The lowest BCUT2D eigenvalue weighted by atomic mass is 10.0. The van der Waals surface area contributed by atoms with Gasteiger partial charge in [0, 0.05) is 6.42 Å². The van der Waals surface area contributed by atoms with Gasteiger partial charge in [-0.3, -0.25) is 0 Å². The van der Waals surface area contributed by atoms with Crippen molar-refractivity contribution in [1.82, 2.24) is 0 Å². The zero-order valence-electron chi connectivity index (χ0n) is 9.77. The third kappa shape index (κ3) is 1.86. The Morgan fingerprint density at radius 3 is 2.82 bits per heavy atom. The predicted octanol–water partition coefficient (Wildman–Crippen LogP) is 3.30. The van der Waals surface area contributed by atoms with Crippen LogP contribution < -0.4 is 9.47 Å². The summed E-state index contributed by atoms with van der Waals surface area (Å²) in [5.74, 6) is 1.91. The molecule has 1 heterocycles. The van der Waals surface area contributed by atoms with E-state index in [1.165, 1.54) is 16.7 Å². The summed E-state index contributed by atoms with van der Waals surface area (Å²) in [6.07, 6.45) is 1.01. The van der Waals surface area contributed by atoms with E-state index < -0.39 is 0 Å². The first-order valence-electron chi connectivity index (χ1n) is 5.77. The molecule has 0 N–H and O–H groups in total. The number of rotatable bonds is 2. The maximum Gasteiger partial charge on any atom is 0.122 e. The lowest BCUT2D eigenvalue weighted by molar-refractivity contribution is 0.357. The van der Waals surface area contributed by atoms with Crippen molar-refractivity contribution in [3.63, 3.8) is 0 Å². The molecule has 2 aromatic rings. The van der Waals surface area contributed by atoms with Gasteiger partial charge in [0.15, 0.2) is 0 Å². The van der Waals surface area contributed by atoms with Gasteiger partial charge in [0.2, 0.25) is 0 Å². The van der Waals surface area contributed by atoms with Gasteiger partial charge >= 0.3 is 0 Å².